The minimum atomic E-state index is -0.655. The van der Waals surface area contributed by atoms with Crippen molar-refractivity contribution in [2.24, 2.45) is 0 Å². The zero-order chi connectivity index (χ0) is 13.1. The molecule has 2 aromatic rings. The monoisotopic (exact) mass is 246 g/mol. The van der Waals surface area contributed by atoms with Crippen LogP contribution in [-0.2, 0) is 0 Å². The highest BCUT2D eigenvalue weighted by molar-refractivity contribution is 6.04. The predicted molar refractivity (Wildman–Crippen MR) is 65.0 cm³/mol. The molecule has 0 saturated carbocycles. The summed E-state index contributed by atoms with van der Waals surface area (Å²) in [4.78, 5) is 15.5. The van der Waals surface area contributed by atoms with Gasteiger partial charge in [-0.3, -0.25) is 4.79 Å². The number of aromatic nitrogens is 1. The van der Waals surface area contributed by atoms with E-state index in [0.717, 1.165) is 5.56 Å². The van der Waals surface area contributed by atoms with Crippen molar-refractivity contribution in [1.82, 2.24) is 4.98 Å². The van der Waals surface area contributed by atoms with Crippen molar-refractivity contribution in [1.29, 1.82) is 0 Å². The first-order valence-corrected chi connectivity index (χ1v) is 5.29. The minimum Gasteiger partial charge on any atom is -0.505 e. The van der Waals surface area contributed by atoms with Crippen LogP contribution in [0.3, 0.4) is 0 Å². The third-order valence-corrected chi connectivity index (χ3v) is 2.37. The molecule has 0 saturated heterocycles. The van der Waals surface area contributed by atoms with Crippen LogP contribution in [0.5, 0.6) is 5.75 Å². The molecule has 0 aliphatic rings. The molecule has 5 heteroatoms. The third-order valence-electron chi connectivity index (χ3n) is 2.37. The number of halogens is 1. The number of nitrogens with one attached hydrogen (secondary N) is 1. The topological polar surface area (TPSA) is 62.2 Å². The Balaban J connectivity index is 2.27. The van der Waals surface area contributed by atoms with E-state index < -0.39 is 11.7 Å². The van der Waals surface area contributed by atoms with Gasteiger partial charge in [0.2, 0.25) is 0 Å². The molecule has 2 rings (SSSR count). The number of amides is 1. The number of hydrogen-bond acceptors (Lipinski definition) is 3. The van der Waals surface area contributed by atoms with E-state index in [1.54, 1.807) is 13.0 Å². The molecule has 18 heavy (non-hydrogen) atoms. The second-order valence-electron chi connectivity index (χ2n) is 3.81. The summed E-state index contributed by atoms with van der Waals surface area (Å²) in [5, 5.41) is 11.8. The van der Waals surface area contributed by atoms with E-state index in [9.17, 15) is 14.3 Å². The van der Waals surface area contributed by atoms with E-state index in [-0.39, 0.29) is 17.1 Å². The van der Waals surface area contributed by atoms with Gasteiger partial charge in [0.25, 0.3) is 5.91 Å². The van der Waals surface area contributed by atoms with Gasteiger partial charge in [-0.25, -0.2) is 9.37 Å². The number of nitrogens with zero attached hydrogens (tertiary/aromatic N) is 1. The molecule has 0 bridgehead atoms. The maximum Gasteiger partial charge on any atom is 0.278 e. The van der Waals surface area contributed by atoms with Crippen LogP contribution in [0.4, 0.5) is 10.1 Å². The van der Waals surface area contributed by atoms with Crippen molar-refractivity contribution >= 4 is 11.6 Å². The van der Waals surface area contributed by atoms with Crippen LogP contribution in [0.15, 0.2) is 36.5 Å². The molecule has 0 atom stereocenters. The van der Waals surface area contributed by atoms with Gasteiger partial charge in [0.1, 0.15) is 11.6 Å². The number of pyridine rings is 1. The highest BCUT2D eigenvalue weighted by Gasteiger charge is 2.14. The summed E-state index contributed by atoms with van der Waals surface area (Å²) in [5.41, 5.74) is 0.736. The first kappa shape index (κ1) is 12.0. The van der Waals surface area contributed by atoms with Crippen molar-refractivity contribution in [3.63, 3.8) is 0 Å². The summed E-state index contributed by atoms with van der Waals surface area (Å²) < 4.78 is 13.4. The van der Waals surface area contributed by atoms with Crippen molar-refractivity contribution in [3.8, 4) is 5.75 Å². The van der Waals surface area contributed by atoms with Crippen LogP contribution < -0.4 is 5.32 Å². The van der Waals surface area contributed by atoms with Gasteiger partial charge < -0.3 is 10.4 Å². The Labute approximate surface area is 103 Å². The van der Waals surface area contributed by atoms with E-state index in [2.05, 4.69) is 10.3 Å². The molecule has 0 aliphatic carbocycles. The van der Waals surface area contributed by atoms with E-state index in [4.69, 9.17) is 0 Å². The lowest BCUT2D eigenvalue weighted by atomic mass is 10.2. The maximum absolute atomic E-state index is 13.4. The Hall–Kier alpha value is -2.43. The molecule has 1 heterocycles. The van der Waals surface area contributed by atoms with Crippen LogP contribution >= 0.6 is 0 Å². The molecular weight excluding hydrogens is 235 g/mol. The number of benzene rings is 1. The second kappa shape index (κ2) is 4.83. The van der Waals surface area contributed by atoms with Crippen molar-refractivity contribution in [2.45, 2.75) is 6.92 Å². The van der Waals surface area contributed by atoms with E-state index in [0.29, 0.717) is 0 Å². The van der Waals surface area contributed by atoms with Gasteiger partial charge in [0.15, 0.2) is 5.69 Å². The first-order valence-electron chi connectivity index (χ1n) is 5.29. The van der Waals surface area contributed by atoms with Crippen LogP contribution in [0.2, 0.25) is 0 Å². The zero-order valence-corrected chi connectivity index (χ0v) is 9.64. The fraction of sp³-hybridized carbons (Fsp3) is 0.0769. The second-order valence-corrected chi connectivity index (χ2v) is 3.81. The molecule has 1 aromatic carbocycles. The van der Waals surface area contributed by atoms with Crippen LogP contribution in [0, 0.1) is 12.7 Å². The summed E-state index contributed by atoms with van der Waals surface area (Å²) in [7, 11) is 0. The SMILES string of the molecule is Cc1ccc(F)c(NC(=O)c2ncccc2O)c1. The average Bonchev–Trinajstić information content (AvgIpc) is 2.34. The van der Waals surface area contributed by atoms with E-state index in [1.807, 2.05) is 0 Å². The van der Waals surface area contributed by atoms with Gasteiger partial charge in [-0.1, -0.05) is 6.07 Å². The van der Waals surface area contributed by atoms with Gasteiger partial charge in [0.05, 0.1) is 5.69 Å². The number of anilines is 1. The van der Waals surface area contributed by atoms with E-state index >= 15 is 0 Å². The molecule has 0 fully saturated rings. The standard InChI is InChI=1S/C13H11FN2O2/c1-8-4-5-9(14)10(7-8)16-13(18)12-11(17)3-2-6-15-12/h2-7,17H,1H3,(H,16,18). The number of rotatable bonds is 2. The smallest absolute Gasteiger partial charge is 0.278 e. The summed E-state index contributed by atoms with van der Waals surface area (Å²) in [6.45, 7) is 1.79. The quantitative estimate of drug-likeness (QED) is 0.855. The molecule has 2 N–H and O–H groups in total. The lowest BCUT2D eigenvalue weighted by Crippen LogP contribution is -2.14. The molecule has 0 aliphatic heterocycles. The molecule has 0 spiro atoms. The van der Waals surface area contributed by atoms with Crippen LogP contribution in [0.25, 0.3) is 0 Å². The van der Waals surface area contributed by atoms with Gasteiger partial charge in [-0.15, -0.1) is 0 Å². The molecule has 0 radical (unpaired) electrons. The molecule has 0 unspecified atom stereocenters. The Morgan fingerprint density at radius 2 is 2.17 bits per heavy atom. The Kier molecular flexibility index (Phi) is 3.23. The number of hydrogen-bond donors (Lipinski definition) is 2. The van der Waals surface area contributed by atoms with Crippen molar-refractivity contribution in [3.05, 3.63) is 53.6 Å². The summed E-state index contributed by atoms with van der Waals surface area (Å²) in [6.07, 6.45) is 1.38. The van der Waals surface area contributed by atoms with Crippen LogP contribution in [0.1, 0.15) is 16.1 Å². The summed E-state index contributed by atoms with van der Waals surface area (Å²) >= 11 is 0. The van der Waals surface area contributed by atoms with Gasteiger partial charge in [-0.05, 0) is 36.8 Å². The minimum absolute atomic E-state index is 0.0602. The van der Waals surface area contributed by atoms with Crippen LogP contribution in [-0.4, -0.2) is 16.0 Å². The predicted octanol–water partition coefficient (Wildman–Crippen LogP) is 2.49. The molecule has 1 aromatic heterocycles. The lowest BCUT2D eigenvalue weighted by molar-refractivity contribution is 0.101. The normalized spacial score (nSPS) is 10.1. The zero-order valence-electron chi connectivity index (χ0n) is 9.64. The van der Waals surface area contributed by atoms with Crippen molar-refractivity contribution < 1.29 is 14.3 Å². The Bertz CT molecular complexity index is 599. The fourth-order valence-corrected chi connectivity index (χ4v) is 1.49. The summed E-state index contributed by atoms with van der Waals surface area (Å²) in [6, 6.07) is 7.22. The number of aryl methyl sites for hydroxylation is 1. The molecule has 1 amide bonds. The highest BCUT2D eigenvalue weighted by atomic mass is 19.1. The Morgan fingerprint density at radius 3 is 2.89 bits per heavy atom. The average molecular weight is 246 g/mol. The highest BCUT2D eigenvalue weighted by Crippen LogP contribution is 2.19. The number of carbonyl (C=O) groups excluding carboxylic acids is 1. The molecule has 4 nitrogen and oxygen atoms in total. The van der Waals surface area contributed by atoms with Gasteiger partial charge in [0, 0.05) is 6.20 Å². The first-order chi connectivity index (χ1) is 8.58. The van der Waals surface area contributed by atoms with Gasteiger partial charge in [-0.2, -0.15) is 0 Å². The van der Waals surface area contributed by atoms with E-state index in [1.165, 1.54) is 30.5 Å². The Morgan fingerprint density at radius 1 is 1.39 bits per heavy atom. The lowest BCUT2D eigenvalue weighted by Gasteiger charge is -2.07. The largest absolute Gasteiger partial charge is 0.505 e. The maximum atomic E-state index is 13.4. The van der Waals surface area contributed by atoms with Gasteiger partial charge >= 0.3 is 0 Å². The third kappa shape index (κ3) is 2.45. The fourth-order valence-electron chi connectivity index (χ4n) is 1.49. The summed E-state index contributed by atoms with van der Waals surface area (Å²) in [5.74, 6) is -1.44. The molecule has 92 valence electrons. The number of aromatic hydroxyl groups is 1. The number of carbonyl (C=O) groups is 1. The molecular formula is C13H11FN2O2. The van der Waals surface area contributed by atoms with Crippen molar-refractivity contribution in [2.75, 3.05) is 5.32 Å².